The molecule has 0 aliphatic heterocycles. The smallest absolute Gasteiger partial charge is 0.127 e. The van der Waals surface area contributed by atoms with Crippen LogP contribution >= 0.6 is 0 Å². The van der Waals surface area contributed by atoms with Gasteiger partial charge >= 0.3 is 0 Å². The molecule has 3 aromatic carbocycles. The number of hydrogen-bond donors (Lipinski definition) is 0. The van der Waals surface area contributed by atoms with Crippen molar-refractivity contribution in [1.29, 1.82) is 5.26 Å². The van der Waals surface area contributed by atoms with Gasteiger partial charge in [0, 0.05) is 12.1 Å². The molecule has 0 spiro atoms. The highest BCUT2D eigenvalue weighted by molar-refractivity contribution is 5.35. The van der Waals surface area contributed by atoms with Crippen LogP contribution in [0, 0.1) is 17.1 Å². The van der Waals surface area contributed by atoms with Crippen molar-refractivity contribution in [2.75, 3.05) is 7.05 Å². The Morgan fingerprint density at radius 1 is 0.920 bits per heavy atom. The van der Waals surface area contributed by atoms with E-state index in [0.717, 1.165) is 11.1 Å². The van der Waals surface area contributed by atoms with Crippen LogP contribution in [-0.4, -0.2) is 11.9 Å². The zero-order valence-corrected chi connectivity index (χ0v) is 14.1. The van der Waals surface area contributed by atoms with Gasteiger partial charge in [-0.15, -0.1) is 0 Å². The molecular weight excluding hydrogens is 311 g/mol. The molecule has 0 aromatic heterocycles. The van der Waals surface area contributed by atoms with Gasteiger partial charge in [-0.25, -0.2) is 4.39 Å². The van der Waals surface area contributed by atoms with E-state index in [1.54, 1.807) is 6.07 Å². The first kappa shape index (κ1) is 16.9. The minimum atomic E-state index is -0.286. The van der Waals surface area contributed by atoms with Crippen molar-refractivity contribution in [2.45, 2.75) is 12.6 Å². The van der Waals surface area contributed by atoms with Crippen molar-refractivity contribution in [3.05, 3.63) is 107 Å². The molecule has 0 amide bonds. The highest BCUT2D eigenvalue weighted by Gasteiger charge is 2.20. The van der Waals surface area contributed by atoms with E-state index in [1.165, 1.54) is 12.1 Å². The van der Waals surface area contributed by atoms with E-state index in [4.69, 9.17) is 5.26 Å². The Kier molecular flexibility index (Phi) is 5.23. The second-order valence-corrected chi connectivity index (χ2v) is 6.06. The van der Waals surface area contributed by atoms with Gasteiger partial charge in [-0.1, -0.05) is 60.7 Å². The van der Waals surface area contributed by atoms with E-state index in [-0.39, 0.29) is 11.9 Å². The number of benzene rings is 3. The Labute approximate surface area is 147 Å². The zero-order valence-electron chi connectivity index (χ0n) is 14.1. The predicted molar refractivity (Wildman–Crippen MR) is 97.3 cm³/mol. The Bertz CT molecular complexity index is 830. The first-order valence-corrected chi connectivity index (χ1v) is 8.17. The van der Waals surface area contributed by atoms with Crippen molar-refractivity contribution in [3.63, 3.8) is 0 Å². The maximum absolute atomic E-state index is 14.2. The average Bonchev–Trinajstić information content (AvgIpc) is 2.65. The maximum Gasteiger partial charge on any atom is 0.127 e. The summed E-state index contributed by atoms with van der Waals surface area (Å²) in [7, 11) is 1.98. The molecule has 0 aliphatic rings. The summed E-state index contributed by atoms with van der Waals surface area (Å²) in [4.78, 5) is 2.10. The van der Waals surface area contributed by atoms with E-state index >= 15 is 0 Å². The minimum Gasteiger partial charge on any atom is -0.291 e. The Morgan fingerprint density at radius 3 is 2.00 bits per heavy atom. The summed E-state index contributed by atoms with van der Waals surface area (Å²) in [5.74, 6) is -0.286. The van der Waals surface area contributed by atoms with E-state index in [0.29, 0.717) is 17.7 Å². The summed E-state index contributed by atoms with van der Waals surface area (Å²) in [6.45, 7) is 0.413. The van der Waals surface area contributed by atoms with Gasteiger partial charge in [0.25, 0.3) is 0 Å². The minimum absolute atomic E-state index is 0.00698. The summed E-state index contributed by atoms with van der Waals surface area (Å²) in [5.41, 5.74) is 3.29. The normalized spacial score (nSPS) is 10.8. The second-order valence-electron chi connectivity index (χ2n) is 6.06. The lowest BCUT2D eigenvalue weighted by atomic mass is 9.97. The van der Waals surface area contributed by atoms with E-state index in [2.05, 4.69) is 35.2 Å². The molecule has 3 rings (SSSR count). The number of halogens is 1. The molecule has 0 atom stereocenters. The van der Waals surface area contributed by atoms with Gasteiger partial charge in [0.2, 0.25) is 0 Å². The lowest BCUT2D eigenvalue weighted by Gasteiger charge is -2.29. The Balaban J connectivity index is 1.96. The largest absolute Gasteiger partial charge is 0.291 e. The third kappa shape index (κ3) is 3.93. The van der Waals surface area contributed by atoms with Crippen molar-refractivity contribution in [3.8, 4) is 6.07 Å². The summed E-state index contributed by atoms with van der Waals surface area (Å²) < 4.78 is 14.2. The van der Waals surface area contributed by atoms with Crippen LogP contribution in [0.4, 0.5) is 4.39 Å². The molecule has 25 heavy (non-hydrogen) atoms. The topological polar surface area (TPSA) is 27.0 Å². The summed E-state index contributed by atoms with van der Waals surface area (Å²) in [5, 5.41) is 9.07. The van der Waals surface area contributed by atoms with Crippen LogP contribution < -0.4 is 0 Å². The number of hydrogen-bond acceptors (Lipinski definition) is 2. The molecule has 0 aliphatic carbocycles. The van der Waals surface area contributed by atoms with E-state index < -0.39 is 0 Å². The molecular formula is C22H19FN2. The van der Waals surface area contributed by atoms with Crippen molar-refractivity contribution in [1.82, 2.24) is 4.90 Å². The highest BCUT2D eigenvalue weighted by Crippen LogP contribution is 2.29. The SMILES string of the molecule is CN(Cc1cc(C#N)ccc1F)C(c1ccccc1)c1ccccc1. The van der Waals surface area contributed by atoms with Crippen LogP contribution in [0.3, 0.4) is 0 Å². The van der Waals surface area contributed by atoms with Gasteiger partial charge in [0.1, 0.15) is 5.82 Å². The summed E-state index contributed by atoms with van der Waals surface area (Å²) >= 11 is 0. The maximum atomic E-state index is 14.2. The lowest BCUT2D eigenvalue weighted by Crippen LogP contribution is -2.25. The van der Waals surface area contributed by atoms with E-state index in [1.807, 2.05) is 43.4 Å². The van der Waals surface area contributed by atoms with E-state index in [9.17, 15) is 4.39 Å². The monoisotopic (exact) mass is 330 g/mol. The first-order chi connectivity index (χ1) is 12.2. The molecule has 0 N–H and O–H groups in total. The third-order valence-corrected chi connectivity index (χ3v) is 4.27. The van der Waals surface area contributed by atoms with Crippen LogP contribution in [0.2, 0.25) is 0 Å². The fourth-order valence-electron chi connectivity index (χ4n) is 3.10. The fraction of sp³-hybridized carbons (Fsp3) is 0.136. The molecule has 124 valence electrons. The first-order valence-electron chi connectivity index (χ1n) is 8.17. The number of nitrogens with zero attached hydrogens (tertiary/aromatic N) is 2. The van der Waals surface area contributed by atoms with Crippen molar-refractivity contribution < 1.29 is 4.39 Å². The molecule has 3 aromatic rings. The summed E-state index contributed by atoms with van der Waals surface area (Å²) in [6, 6.07) is 26.9. The molecule has 0 saturated heterocycles. The molecule has 0 saturated carbocycles. The summed E-state index contributed by atoms with van der Waals surface area (Å²) in [6.07, 6.45) is 0. The van der Waals surface area contributed by atoms with Crippen LogP contribution in [0.15, 0.2) is 78.9 Å². The molecule has 0 radical (unpaired) electrons. The van der Waals surface area contributed by atoms with Gasteiger partial charge in [-0.3, -0.25) is 4.90 Å². The van der Waals surface area contributed by atoms with Crippen LogP contribution in [0.1, 0.15) is 28.3 Å². The standard InChI is InChI=1S/C22H19FN2/c1-25(16-20-14-17(15-24)12-13-21(20)23)22(18-8-4-2-5-9-18)19-10-6-3-7-11-19/h2-14,22H,16H2,1H3. The zero-order chi connectivity index (χ0) is 17.6. The van der Waals surface area contributed by atoms with Crippen molar-refractivity contribution >= 4 is 0 Å². The molecule has 3 heteroatoms. The third-order valence-electron chi connectivity index (χ3n) is 4.27. The molecule has 0 bridgehead atoms. The lowest BCUT2D eigenvalue weighted by molar-refractivity contribution is 0.266. The van der Waals surface area contributed by atoms with Crippen LogP contribution in [0.5, 0.6) is 0 Å². The molecule has 2 nitrogen and oxygen atoms in total. The number of rotatable bonds is 5. The predicted octanol–water partition coefficient (Wildman–Crippen LogP) is 4.92. The fourth-order valence-corrected chi connectivity index (χ4v) is 3.10. The quantitative estimate of drug-likeness (QED) is 0.664. The van der Waals surface area contributed by atoms with Crippen LogP contribution in [0.25, 0.3) is 0 Å². The molecule has 0 heterocycles. The van der Waals surface area contributed by atoms with Gasteiger partial charge in [0.05, 0.1) is 17.7 Å². The molecule has 0 unspecified atom stereocenters. The number of nitriles is 1. The van der Waals surface area contributed by atoms with Gasteiger partial charge < -0.3 is 0 Å². The highest BCUT2D eigenvalue weighted by atomic mass is 19.1. The average molecular weight is 330 g/mol. The Morgan fingerprint density at radius 2 is 1.48 bits per heavy atom. The van der Waals surface area contributed by atoms with Gasteiger partial charge in [0.15, 0.2) is 0 Å². The molecule has 0 fully saturated rings. The Hall–Kier alpha value is -2.96. The van der Waals surface area contributed by atoms with Crippen molar-refractivity contribution in [2.24, 2.45) is 0 Å². The second kappa shape index (κ2) is 7.74. The van der Waals surface area contributed by atoms with Gasteiger partial charge in [-0.05, 0) is 36.4 Å². The van der Waals surface area contributed by atoms with Crippen LogP contribution in [-0.2, 0) is 6.54 Å². The van der Waals surface area contributed by atoms with Gasteiger partial charge in [-0.2, -0.15) is 5.26 Å².